The van der Waals surface area contributed by atoms with E-state index in [1.807, 2.05) is 6.92 Å². The largest absolute Gasteiger partial charge is 0.444 e. The van der Waals surface area contributed by atoms with Gasteiger partial charge in [0.2, 0.25) is 5.89 Å². The van der Waals surface area contributed by atoms with Crippen LogP contribution in [0.4, 0.5) is 0 Å². The third-order valence-corrected chi connectivity index (χ3v) is 4.09. The zero-order chi connectivity index (χ0) is 12.4. The molecule has 96 valence electrons. The first-order chi connectivity index (χ1) is 8.06. The van der Waals surface area contributed by atoms with Crippen molar-refractivity contribution >= 4 is 0 Å². The first kappa shape index (κ1) is 12.6. The Balaban J connectivity index is 1.89. The first-order valence-electron chi connectivity index (χ1n) is 6.74. The van der Waals surface area contributed by atoms with E-state index in [0.717, 1.165) is 23.5 Å². The van der Waals surface area contributed by atoms with Gasteiger partial charge in [-0.3, -0.25) is 0 Å². The summed E-state index contributed by atoms with van der Waals surface area (Å²) in [6, 6.07) is 0.831. The van der Waals surface area contributed by atoms with E-state index in [1.54, 1.807) is 6.20 Å². The second-order valence-corrected chi connectivity index (χ2v) is 5.66. The molecular formula is C14H24N2O. The molecule has 1 aromatic heterocycles. The van der Waals surface area contributed by atoms with Crippen LogP contribution in [0, 0.1) is 18.8 Å². The molecule has 4 atom stereocenters. The van der Waals surface area contributed by atoms with Crippen molar-refractivity contribution in [2.75, 3.05) is 0 Å². The van der Waals surface area contributed by atoms with Crippen molar-refractivity contribution in [2.45, 2.75) is 59.0 Å². The van der Waals surface area contributed by atoms with Crippen LogP contribution in [0.1, 0.15) is 57.7 Å². The van der Waals surface area contributed by atoms with Crippen molar-refractivity contribution in [3.05, 3.63) is 17.8 Å². The van der Waals surface area contributed by atoms with E-state index in [9.17, 15) is 0 Å². The maximum Gasteiger partial charge on any atom is 0.211 e. The van der Waals surface area contributed by atoms with E-state index in [0.29, 0.717) is 6.04 Å². The average Bonchev–Trinajstić information content (AvgIpc) is 2.70. The zero-order valence-corrected chi connectivity index (χ0v) is 11.4. The Kier molecular flexibility index (Phi) is 3.87. The van der Waals surface area contributed by atoms with Gasteiger partial charge in [-0.25, -0.2) is 4.98 Å². The molecule has 0 saturated heterocycles. The molecule has 1 N–H and O–H groups in total. The molecule has 17 heavy (non-hydrogen) atoms. The summed E-state index contributed by atoms with van der Waals surface area (Å²) in [7, 11) is 0. The van der Waals surface area contributed by atoms with E-state index in [4.69, 9.17) is 4.42 Å². The summed E-state index contributed by atoms with van der Waals surface area (Å²) in [4.78, 5) is 4.29. The fourth-order valence-corrected chi connectivity index (χ4v) is 2.70. The average molecular weight is 236 g/mol. The molecule has 0 amide bonds. The summed E-state index contributed by atoms with van der Waals surface area (Å²) in [6.45, 7) is 8.79. The van der Waals surface area contributed by atoms with Crippen LogP contribution in [0.25, 0.3) is 0 Å². The molecule has 2 rings (SSSR count). The summed E-state index contributed by atoms with van der Waals surface area (Å²) >= 11 is 0. The van der Waals surface area contributed by atoms with E-state index >= 15 is 0 Å². The number of oxazole rings is 1. The minimum absolute atomic E-state index is 0.217. The number of nitrogens with zero attached hydrogens (tertiary/aromatic N) is 1. The van der Waals surface area contributed by atoms with E-state index in [1.165, 1.54) is 19.3 Å². The van der Waals surface area contributed by atoms with Crippen LogP contribution in [-0.2, 0) is 0 Å². The molecule has 1 saturated carbocycles. The molecule has 1 fully saturated rings. The zero-order valence-electron chi connectivity index (χ0n) is 11.4. The number of aromatic nitrogens is 1. The predicted molar refractivity (Wildman–Crippen MR) is 68.8 cm³/mol. The second-order valence-electron chi connectivity index (χ2n) is 5.66. The molecular weight excluding hydrogens is 212 g/mol. The molecule has 4 unspecified atom stereocenters. The van der Waals surface area contributed by atoms with Crippen molar-refractivity contribution in [3.63, 3.8) is 0 Å². The molecule has 1 aliphatic carbocycles. The minimum Gasteiger partial charge on any atom is -0.444 e. The Morgan fingerprint density at radius 2 is 2.12 bits per heavy atom. The monoisotopic (exact) mass is 236 g/mol. The van der Waals surface area contributed by atoms with Crippen LogP contribution in [0.3, 0.4) is 0 Å². The van der Waals surface area contributed by atoms with Crippen LogP contribution < -0.4 is 5.32 Å². The summed E-state index contributed by atoms with van der Waals surface area (Å²) < 4.78 is 5.56. The Bertz CT molecular complexity index is 361. The quantitative estimate of drug-likeness (QED) is 0.873. The van der Waals surface area contributed by atoms with Gasteiger partial charge in [-0.2, -0.15) is 0 Å². The van der Waals surface area contributed by atoms with Gasteiger partial charge in [-0.05, 0) is 44.9 Å². The topological polar surface area (TPSA) is 38.1 Å². The van der Waals surface area contributed by atoms with Crippen molar-refractivity contribution in [1.82, 2.24) is 10.3 Å². The van der Waals surface area contributed by atoms with Gasteiger partial charge in [-0.1, -0.05) is 13.8 Å². The van der Waals surface area contributed by atoms with Crippen LogP contribution in [0.2, 0.25) is 0 Å². The molecule has 1 aromatic rings. The van der Waals surface area contributed by atoms with E-state index < -0.39 is 0 Å². The van der Waals surface area contributed by atoms with Crippen molar-refractivity contribution in [1.29, 1.82) is 0 Å². The minimum atomic E-state index is 0.217. The molecule has 3 nitrogen and oxygen atoms in total. The number of aryl methyl sites for hydroxylation is 1. The van der Waals surface area contributed by atoms with Gasteiger partial charge >= 0.3 is 0 Å². The summed E-state index contributed by atoms with van der Waals surface area (Å²) in [6.07, 6.45) is 5.66. The van der Waals surface area contributed by atoms with Crippen molar-refractivity contribution in [3.8, 4) is 0 Å². The number of hydrogen-bond donors (Lipinski definition) is 1. The summed E-state index contributed by atoms with van der Waals surface area (Å²) in [5.41, 5.74) is 0. The van der Waals surface area contributed by atoms with Crippen LogP contribution in [0.5, 0.6) is 0 Å². The number of nitrogens with one attached hydrogen (secondary N) is 1. The maximum atomic E-state index is 5.56. The SMILES string of the molecule is Cc1cnc(C(C)NC2CCC(C)C(C)C2)o1. The number of hydrogen-bond acceptors (Lipinski definition) is 3. The standard InChI is InChI=1S/C14H24N2O/c1-9-5-6-13(7-10(9)2)16-12(4)14-15-8-11(3)17-14/h8-10,12-13,16H,5-7H2,1-4H3. The third kappa shape index (κ3) is 3.09. The van der Waals surface area contributed by atoms with Crippen molar-refractivity contribution < 1.29 is 4.42 Å². The van der Waals surface area contributed by atoms with Gasteiger partial charge in [0, 0.05) is 6.04 Å². The fourth-order valence-electron chi connectivity index (χ4n) is 2.70. The van der Waals surface area contributed by atoms with Gasteiger partial charge in [-0.15, -0.1) is 0 Å². The molecule has 0 aromatic carbocycles. The second kappa shape index (κ2) is 5.21. The molecule has 3 heteroatoms. The highest BCUT2D eigenvalue weighted by Gasteiger charge is 2.26. The normalized spacial score (nSPS) is 31.4. The predicted octanol–water partition coefficient (Wildman–Crippen LogP) is 3.46. The molecule has 1 heterocycles. The smallest absolute Gasteiger partial charge is 0.211 e. The van der Waals surface area contributed by atoms with Crippen LogP contribution in [-0.4, -0.2) is 11.0 Å². The lowest BCUT2D eigenvalue weighted by atomic mass is 9.79. The molecule has 0 spiro atoms. The lowest BCUT2D eigenvalue weighted by Crippen LogP contribution is -2.37. The highest BCUT2D eigenvalue weighted by atomic mass is 16.4. The molecule has 0 radical (unpaired) electrons. The molecule has 0 aliphatic heterocycles. The highest BCUT2D eigenvalue weighted by molar-refractivity contribution is 4.96. The maximum absolute atomic E-state index is 5.56. The molecule has 1 aliphatic rings. The van der Waals surface area contributed by atoms with Gasteiger partial charge in [0.05, 0.1) is 12.2 Å². The third-order valence-electron chi connectivity index (χ3n) is 4.09. The Labute approximate surface area is 104 Å². The lowest BCUT2D eigenvalue weighted by molar-refractivity contribution is 0.211. The Morgan fingerprint density at radius 1 is 1.35 bits per heavy atom. The Morgan fingerprint density at radius 3 is 2.71 bits per heavy atom. The number of rotatable bonds is 3. The van der Waals surface area contributed by atoms with Gasteiger partial charge in [0.15, 0.2) is 0 Å². The van der Waals surface area contributed by atoms with Gasteiger partial charge < -0.3 is 9.73 Å². The fraction of sp³-hybridized carbons (Fsp3) is 0.786. The van der Waals surface area contributed by atoms with Gasteiger partial charge in [0.25, 0.3) is 0 Å². The lowest BCUT2D eigenvalue weighted by Gasteiger charge is -2.33. The van der Waals surface area contributed by atoms with E-state index in [2.05, 4.69) is 31.1 Å². The van der Waals surface area contributed by atoms with Crippen molar-refractivity contribution in [2.24, 2.45) is 11.8 Å². The molecule has 0 bridgehead atoms. The van der Waals surface area contributed by atoms with Crippen LogP contribution in [0.15, 0.2) is 10.6 Å². The van der Waals surface area contributed by atoms with E-state index in [-0.39, 0.29) is 6.04 Å². The first-order valence-corrected chi connectivity index (χ1v) is 6.74. The highest BCUT2D eigenvalue weighted by Crippen LogP contribution is 2.30. The van der Waals surface area contributed by atoms with Crippen LogP contribution >= 0.6 is 0 Å². The summed E-state index contributed by atoms with van der Waals surface area (Å²) in [5, 5.41) is 3.64. The Hall–Kier alpha value is -0.830. The summed E-state index contributed by atoms with van der Waals surface area (Å²) in [5.74, 6) is 3.39. The van der Waals surface area contributed by atoms with Gasteiger partial charge in [0.1, 0.15) is 5.76 Å².